The van der Waals surface area contributed by atoms with Crippen LogP contribution in [0.1, 0.15) is 23.7 Å². The van der Waals surface area contributed by atoms with Crippen molar-refractivity contribution in [3.05, 3.63) is 75.8 Å². The molecular formula is C20H18N4O4S2. The molecule has 0 fully saturated rings. The number of carbonyl (C=O) groups is 2. The van der Waals surface area contributed by atoms with Crippen molar-refractivity contribution in [3.8, 4) is 0 Å². The first kappa shape index (κ1) is 21.5. The van der Waals surface area contributed by atoms with Gasteiger partial charge in [0, 0.05) is 39.9 Å². The number of non-ortho nitro benzene ring substituents is 1. The number of hydrogen-bond donors (Lipinski definition) is 2. The van der Waals surface area contributed by atoms with E-state index in [4.69, 9.17) is 0 Å². The summed E-state index contributed by atoms with van der Waals surface area (Å²) < 4.78 is 0. The fraction of sp³-hybridized carbons (Fsp3) is 0.150. The molecule has 0 radical (unpaired) electrons. The van der Waals surface area contributed by atoms with Crippen molar-refractivity contribution in [1.29, 1.82) is 0 Å². The van der Waals surface area contributed by atoms with Gasteiger partial charge in [0.25, 0.3) is 11.6 Å². The molecule has 1 atom stereocenters. The molecular weight excluding hydrogens is 424 g/mol. The lowest BCUT2D eigenvalue weighted by molar-refractivity contribution is -0.384. The van der Waals surface area contributed by atoms with E-state index >= 15 is 0 Å². The lowest BCUT2D eigenvalue weighted by atomic mass is 10.2. The number of rotatable bonds is 8. The van der Waals surface area contributed by atoms with Crippen molar-refractivity contribution in [2.24, 2.45) is 0 Å². The fourth-order valence-electron chi connectivity index (χ4n) is 2.54. The van der Waals surface area contributed by atoms with E-state index in [0.717, 1.165) is 4.90 Å². The third-order valence-corrected chi connectivity index (χ3v) is 6.08. The van der Waals surface area contributed by atoms with Gasteiger partial charge in [0.15, 0.2) is 5.13 Å². The number of nitro groups is 1. The largest absolute Gasteiger partial charge is 0.322 e. The SMILES string of the molecule is CCC(Sc1cccc(NC(=O)c2ccc([N+](=O)[O-])cc2)c1)C(=O)Nc1nccs1. The zero-order valence-electron chi connectivity index (χ0n) is 15.9. The molecule has 0 saturated heterocycles. The fourth-order valence-corrected chi connectivity index (χ4v) is 4.09. The molecule has 3 rings (SSSR count). The maximum atomic E-state index is 12.5. The minimum absolute atomic E-state index is 0.0772. The van der Waals surface area contributed by atoms with Gasteiger partial charge in [-0.05, 0) is 36.8 Å². The van der Waals surface area contributed by atoms with E-state index in [9.17, 15) is 19.7 Å². The highest BCUT2D eigenvalue weighted by Crippen LogP contribution is 2.29. The second-order valence-corrected chi connectivity index (χ2v) is 8.30. The summed E-state index contributed by atoms with van der Waals surface area (Å²) in [6, 6.07) is 12.6. The van der Waals surface area contributed by atoms with Crippen LogP contribution in [0, 0.1) is 10.1 Å². The molecule has 10 heteroatoms. The van der Waals surface area contributed by atoms with Gasteiger partial charge in [0.05, 0.1) is 10.2 Å². The Hall–Kier alpha value is -3.24. The first-order valence-corrected chi connectivity index (χ1v) is 10.7. The van der Waals surface area contributed by atoms with Crippen LogP contribution >= 0.6 is 23.1 Å². The number of hydrogen-bond acceptors (Lipinski definition) is 7. The van der Waals surface area contributed by atoms with Crippen LogP contribution in [-0.4, -0.2) is 27.0 Å². The molecule has 1 heterocycles. The molecule has 2 amide bonds. The lowest BCUT2D eigenvalue weighted by Gasteiger charge is -2.14. The van der Waals surface area contributed by atoms with Crippen molar-refractivity contribution in [1.82, 2.24) is 4.98 Å². The first-order valence-electron chi connectivity index (χ1n) is 8.99. The maximum Gasteiger partial charge on any atom is 0.269 e. The van der Waals surface area contributed by atoms with Gasteiger partial charge in [-0.15, -0.1) is 23.1 Å². The summed E-state index contributed by atoms with van der Waals surface area (Å²) >= 11 is 2.76. The van der Waals surface area contributed by atoms with E-state index in [0.29, 0.717) is 22.8 Å². The van der Waals surface area contributed by atoms with Crippen molar-refractivity contribution in [2.75, 3.05) is 10.6 Å². The molecule has 8 nitrogen and oxygen atoms in total. The van der Waals surface area contributed by atoms with Crippen LogP contribution < -0.4 is 10.6 Å². The number of nitro benzene ring substituents is 1. The predicted octanol–water partition coefficient (Wildman–Crippen LogP) is 4.81. The molecule has 3 aromatic rings. The highest BCUT2D eigenvalue weighted by molar-refractivity contribution is 8.00. The number of amides is 2. The van der Waals surface area contributed by atoms with Gasteiger partial charge >= 0.3 is 0 Å². The Bertz CT molecular complexity index is 1040. The quantitative estimate of drug-likeness (QED) is 0.294. The summed E-state index contributed by atoms with van der Waals surface area (Å²) in [6.45, 7) is 1.93. The third-order valence-electron chi connectivity index (χ3n) is 4.04. The van der Waals surface area contributed by atoms with Crippen molar-refractivity contribution >= 4 is 51.4 Å². The molecule has 0 bridgehead atoms. The zero-order chi connectivity index (χ0) is 21.5. The van der Waals surface area contributed by atoms with Gasteiger partial charge in [-0.2, -0.15) is 0 Å². The molecule has 0 spiro atoms. The number of thiazole rings is 1. The van der Waals surface area contributed by atoms with E-state index in [1.165, 1.54) is 47.4 Å². The summed E-state index contributed by atoms with van der Waals surface area (Å²) in [5.74, 6) is -0.502. The zero-order valence-corrected chi connectivity index (χ0v) is 17.5. The normalized spacial score (nSPS) is 11.5. The Kier molecular flexibility index (Phi) is 7.15. The number of thioether (sulfide) groups is 1. The van der Waals surface area contributed by atoms with Crippen LogP contribution in [0.5, 0.6) is 0 Å². The highest BCUT2D eigenvalue weighted by atomic mass is 32.2. The highest BCUT2D eigenvalue weighted by Gasteiger charge is 2.19. The monoisotopic (exact) mass is 442 g/mol. The first-order chi connectivity index (χ1) is 14.5. The Morgan fingerprint density at radius 2 is 1.97 bits per heavy atom. The Labute approximate surface area is 180 Å². The molecule has 2 aromatic carbocycles. The third kappa shape index (κ3) is 5.65. The van der Waals surface area contributed by atoms with Gasteiger partial charge in [-0.3, -0.25) is 19.7 Å². The van der Waals surface area contributed by atoms with E-state index in [-0.39, 0.29) is 22.8 Å². The summed E-state index contributed by atoms with van der Waals surface area (Å²) in [5.41, 5.74) is 0.804. The molecule has 30 heavy (non-hydrogen) atoms. The second-order valence-electron chi connectivity index (χ2n) is 6.13. The van der Waals surface area contributed by atoms with Gasteiger partial charge < -0.3 is 10.6 Å². The molecule has 0 aliphatic rings. The standard InChI is InChI=1S/C20H18N4O4S2/c1-2-17(19(26)23-20-21-10-11-29-20)30-16-5-3-4-14(12-16)22-18(25)13-6-8-15(9-7-13)24(27)28/h3-12,17H,2H2,1H3,(H,22,25)(H,21,23,26). The van der Waals surface area contributed by atoms with Crippen LogP contribution in [0.15, 0.2) is 65.0 Å². The van der Waals surface area contributed by atoms with Crippen LogP contribution in [0.3, 0.4) is 0 Å². The smallest absolute Gasteiger partial charge is 0.269 e. The minimum Gasteiger partial charge on any atom is -0.322 e. The topological polar surface area (TPSA) is 114 Å². The Morgan fingerprint density at radius 1 is 1.20 bits per heavy atom. The predicted molar refractivity (Wildman–Crippen MR) is 118 cm³/mol. The number of nitrogens with one attached hydrogen (secondary N) is 2. The Morgan fingerprint density at radius 3 is 2.60 bits per heavy atom. The van der Waals surface area contributed by atoms with Crippen LogP contribution in [0.2, 0.25) is 0 Å². The van der Waals surface area contributed by atoms with Crippen LogP contribution in [0.25, 0.3) is 0 Å². The maximum absolute atomic E-state index is 12.5. The molecule has 0 aliphatic carbocycles. The average Bonchev–Trinajstić information content (AvgIpc) is 3.25. The molecule has 0 aliphatic heterocycles. The molecule has 0 saturated carbocycles. The molecule has 154 valence electrons. The molecule has 1 aromatic heterocycles. The minimum atomic E-state index is -0.517. The number of benzene rings is 2. The number of nitrogens with zero attached hydrogens (tertiary/aromatic N) is 2. The van der Waals surface area contributed by atoms with E-state index in [1.807, 2.05) is 13.0 Å². The number of anilines is 2. The summed E-state index contributed by atoms with van der Waals surface area (Å²) in [6.07, 6.45) is 2.26. The van der Waals surface area contributed by atoms with Crippen LogP contribution in [-0.2, 0) is 4.79 Å². The lowest BCUT2D eigenvalue weighted by Crippen LogP contribution is -2.24. The number of carbonyl (C=O) groups excluding carboxylic acids is 2. The molecule has 2 N–H and O–H groups in total. The van der Waals surface area contributed by atoms with Gasteiger partial charge in [-0.1, -0.05) is 13.0 Å². The van der Waals surface area contributed by atoms with Crippen LogP contribution in [0.4, 0.5) is 16.5 Å². The van der Waals surface area contributed by atoms with Crippen molar-refractivity contribution in [2.45, 2.75) is 23.5 Å². The van der Waals surface area contributed by atoms with E-state index in [1.54, 1.807) is 29.8 Å². The van der Waals surface area contributed by atoms with Crippen molar-refractivity contribution < 1.29 is 14.5 Å². The van der Waals surface area contributed by atoms with Gasteiger partial charge in [-0.25, -0.2) is 4.98 Å². The summed E-state index contributed by atoms with van der Waals surface area (Å²) in [7, 11) is 0. The second kappa shape index (κ2) is 9.99. The molecule has 1 unspecified atom stereocenters. The van der Waals surface area contributed by atoms with Gasteiger partial charge in [0.1, 0.15) is 0 Å². The van der Waals surface area contributed by atoms with Gasteiger partial charge in [0.2, 0.25) is 5.91 Å². The Balaban J connectivity index is 1.65. The van der Waals surface area contributed by atoms with Crippen molar-refractivity contribution in [3.63, 3.8) is 0 Å². The van der Waals surface area contributed by atoms with E-state index in [2.05, 4.69) is 15.6 Å². The summed E-state index contributed by atoms with van der Waals surface area (Å²) in [4.78, 5) is 40.0. The summed E-state index contributed by atoms with van der Waals surface area (Å²) in [5, 5.41) is 18.3. The average molecular weight is 443 g/mol. The van der Waals surface area contributed by atoms with E-state index < -0.39 is 4.92 Å². The number of aromatic nitrogens is 1.